The Morgan fingerprint density at radius 2 is 2.14 bits per heavy atom. The highest BCUT2D eigenvalue weighted by Gasteiger charge is 2.25. The number of hydrogen-bond donors (Lipinski definition) is 1. The van der Waals surface area contributed by atoms with E-state index in [9.17, 15) is 0 Å². The van der Waals surface area contributed by atoms with Crippen LogP contribution >= 0.6 is 12.6 Å². The Morgan fingerprint density at radius 3 is 2.29 bits per heavy atom. The van der Waals surface area contributed by atoms with E-state index in [0.717, 1.165) is 12.8 Å². The molecule has 42 valence electrons. The standard InChI is InChI=1S/C5H10OS/c1-6-4-2-5(7)3-4/h4-5,7H,2-3H2,1H3. The van der Waals surface area contributed by atoms with E-state index in [1.807, 2.05) is 0 Å². The van der Waals surface area contributed by atoms with E-state index < -0.39 is 0 Å². The van der Waals surface area contributed by atoms with Crippen LogP contribution in [0, 0.1) is 0 Å². The lowest BCUT2D eigenvalue weighted by atomic mass is 9.95. The molecule has 0 saturated heterocycles. The van der Waals surface area contributed by atoms with Crippen LogP contribution in [0.25, 0.3) is 0 Å². The molecule has 0 bridgehead atoms. The van der Waals surface area contributed by atoms with Gasteiger partial charge in [-0.2, -0.15) is 12.6 Å². The first kappa shape index (κ1) is 5.45. The SMILES string of the molecule is COC1CC(S)C1. The number of methoxy groups -OCH3 is 1. The van der Waals surface area contributed by atoms with Crippen LogP contribution in [0.5, 0.6) is 0 Å². The van der Waals surface area contributed by atoms with Crippen molar-refractivity contribution >= 4 is 12.6 Å². The van der Waals surface area contributed by atoms with Gasteiger partial charge in [0.15, 0.2) is 0 Å². The summed E-state index contributed by atoms with van der Waals surface area (Å²) in [5.74, 6) is 0. The van der Waals surface area contributed by atoms with Crippen molar-refractivity contribution in [3.63, 3.8) is 0 Å². The average Bonchev–Trinajstić information content (AvgIpc) is 1.58. The van der Waals surface area contributed by atoms with Gasteiger partial charge in [-0.05, 0) is 12.8 Å². The normalized spacial score (nSPS) is 40.3. The maximum atomic E-state index is 5.01. The van der Waals surface area contributed by atoms with E-state index in [-0.39, 0.29) is 0 Å². The Kier molecular flexibility index (Phi) is 1.60. The summed E-state index contributed by atoms with van der Waals surface area (Å²) in [6.45, 7) is 0. The van der Waals surface area contributed by atoms with Crippen LogP contribution in [-0.2, 0) is 4.74 Å². The fourth-order valence-electron chi connectivity index (χ4n) is 0.730. The van der Waals surface area contributed by atoms with E-state index in [1.165, 1.54) is 0 Å². The molecule has 0 radical (unpaired) electrons. The van der Waals surface area contributed by atoms with Crippen LogP contribution < -0.4 is 0 Å². The zero-order valence-electron chi connectivity index (χ0n) is 4.42. The summed E-state index contributed by atoms with van der Waals surface area (Å²) in [6, 6.07) is 0. The van der Waals surface area contributed by atoms with Crippen molar-refractivity contribution < 1.29 is 4.74 Å². The Morgan fingerprint density at radius 1 is 1.57 bits per heavy atom. The molecule has 0 aliphatic heterocycles. The van der Waals surface area contributed by atoms with Gasteiger partial charge in [0.1, 0.15) is 0 Å². The minimum absolute atomic E-state index is 0.516. The summed E-state index contributed by atoms with van der Waals surface area (Å²) in [5, 5.41) is 0.616. The third-order valence-electron chi connectivity index (χ3n) is 1.40. The summed E-state index contributed by atoms with van der Waals surface area (Å²) >= 11 is 4.22. The maximum absolute atomic E-state index is 5.01. The van der Waals surface area contributed by atoms with Crippen molar-refractivity contribution in [3.8, 4) is 0 Å². The monoisotopic (exact) mass is 118 g/mol. The molecule has 0 heterocycles. The molecule has 0 atom stereocenters. The molecule has 1 rings (SSSR count). The number of rotatable bonds is 1. The van der Waals surface area contributed by atoms with Gasteiger partial charge in [0, 0.05) is 12.4 Å². The third kappa shape index (κ3) is 1.10. The van der Waals surface area contributed by atoms with E-state index in [0.29, 0.717) is 11.4 Å². The molecular formula is C5H10OS. The zero-order chi connectivity index (χ0) is 5.28. The van der Waals surface area contributed by atoms with Crippen LogP contribution in [0.3, 0.4) is 0 Å². The first-order chi connectivity index (χ1) is 3.33. The Bertz CT molecular complexity index is 59.1. The van der Waals surface area contributed by atoms with Gasteiger partial charge in [0.05, 0.1) is 6.10 Å². The maximum Gasteiger partial charge on any atom is 0.0592 e. The van der Waals surface area contributed by atoms with Crippen molar-refractivity contribution in [2.45, 2.75) is 24.2 Å². The predicted octanol–water partition coefficient (Wildman–Crippen LogP) is 1.09. The molecule has 1 aliphatic rings. The van der Waals surface area contributed by atoms with Gasteiger partial charge < -0.3 is 4.74 Å². The van der Waals surface area contributed by atoms with Crippen molar-refractivity contribution in [3.05, 3.63) is 0 Å². The third-order valence-corrected chi connectivity index (χ3v) is 1.82. The highest BCUT2D eigenvalue weighted by atomic mass is 32.1. The summed E-state index contributed by atoms with van der Waals surface area (Å²) in [6.07, 6.45) is 2.79. The number of thiol groups is 1. The summed E-state index contributed by atoms with van der Waals surface area (Å²) < 4.78 is 5.01. The molecular weight excluding hydrogens is 108 g/mol. The Labute approximate surface area is 49.5 Å². The van der Waals surface area contributed by atoms with E-state index in [2.05, 4.69) is 12.6 Å². The van der Waals surface area contributed by atoms with E-state index in [4.69, 9.17) is 4.74 Å². The minimum Gasteiger partial charge on any atom is -0.381 e. The van der Waals surface area contributed by atoms with Gasteiger partial charge in [0.2, 0.25) is 0 Å². The second-order valence-electron chi connectivity index (χ2n) is 1.98. The zero-order valence-corrected chi connectivity index (χ0v) is 5.32. The fourth-order valence-corrected chi connectivity index (χ4v) is 1.20. The van der Waals surface area contributed by atoms with Crippen LogP contribution in [0.1, 0.15) is 12.8 Å². The molecule has 0 aromatic carbocycles. The van der Waals surface area contributed by atoms with Crippen molar-refractivity contribution in [2.24, 2.45) is 0 Å². The fraction of sp³-hybridized carbons (Fsp3) is 1.00. The van der Waals surface area contributed by atoms with Gasteiger partial charge in [-0.25, -0.2) is 0 Å². The van der Waals surface area contributed by atoms with Gasteiger partial charge in [-0.15, -0.1) is 0 Å². The lowest BCUT2D eigenvalue weighted by Crippen LogP contribution is -2.30. The van der Waals surface area contributed by atoms with Crippen LogP contribution in [0.2, 0.25) is 0 Å². The lowest BCUT2D eigenvalue weighted by Gasteiger charge is -2.29. The predicted molar refractivity (Wildman–Crippen MR) is 32.8 cm³/mol. The Hall–Kier alpha value is 0.310. The first-order valence-corrected chi connectivity index (χ1v) is 3.05. The van der Waals surface area contributed by atoms with E-state index in [1.54, 1.807) is 7.11 Å². The van der Waals surface area contributed by atoms with Crippen molar-refractivity contribution in [2.75, 3.05) is 7.11 Å². The lowest BCUT2D eigenvalue weighted by molar-refractivity contribution is 0.0461. The second kappa shape index (κ2) is 2.05. The second-order valence-corrected chi connectivity index (χ2v) is 2.71. The molecule has 7 heavy (non-hydrogen) atoms. The molecule has 2 heteroatoms. The van der Waals surface area contributed by atoms with Crippen LogP contribution in [0.15, 0.2) is 0 Å². The molecule has 1 saturated carbocycles. The van der Waals surface area contributed by atoms with Gasteiger partial charge in [-0.3, -0.25) is 0 Å². The molecule has 0 aromatic rings. The largest absolute Gasteiger partial charge is 0.381 e. The van der Waals surface area contributed by atoms with Crippen molar-refractivity contribution in [1.82, 2.24) is 0 Å². The number of hydrogen-bond acceptors (Lipinski definition) is 2. The summed E-state index contributed by atoms with van der Waals surface area (Å²) in [4.78, 5) is 0. The van der Waals surface area contributed by atoms with Crippen LogP contribution in [0.4, 0.5) is 0 Å². The molecule has 0 amide bonds. The molecule has 1 nitrogen and oxygen atoms in total. The Balaban J connectivity index is 2.06. The highest BCUT2D eigenvalue weighted by Crippen LogP contribution is 2.26. The van der Waals surface area contributed by atoms with Crippen LogP contribution in [-0.4, -0.2) is 18.5 Å². The van der Waals surface area contributed by atoms with Gasteiger partial charge in [-0.1, -0.05) is 0 Å². The molecule has 0 N–H and O–H groups in total. The topological polar surface area (TPSA) is 9.23 Å². The molecule has 1 aliphatic carbocycles. The first-order valence-electron chi connectivity index (χ1n) is 2.54. The number of ether oxygens (including phenoxy) is 1. The summed E-state index contributed by atoms with van der Waals surface area (Å²) in [5.41, 5.74) is 0. The quantitative estimate of drug-likeness (QED) is 0.507. The highest BCUT2D eigenvalue weighted by molar-refractivity contribution is 7.81. The minimum atomic E-state index is 0.516. The molecule has 1 fully saturated rings. The van der Waals surface area contributed by atoms with Crippen molar-refractivity contribution in [1.29, 1.82) is 0 Å². The molecule has 0 spiro atoms. The van der Waals surface area contributed by atoms with E-state index >= 15 is 0 Å². The van der Waals surface area contributed by atoms with Gasteiger partial charge in [0.25, 0.3) is 0 Å². The van der Waals surface area contributed by atoms with Gasteiger partial charge >= 0.3 is 0 Å². The average molecular weight is 118 g/mol. The molecule has 0 aromatic heterocycles. The molecule has 0 unspecified atom stereocenters. The smallest absolute Gasteiger partial charge is 0.0592 e. The summed E-state index contributed by atoms with van der Waals surface area (Å²) in [7, 11) is 1.75.